The third-order valence-corrected chi connectivity index (χ3v) is 5.77. The van der Waals surface area contributed by atoms with Gasteiger partial charge in [-0.25, -0.2) is 13.2 Å². The van der Waals surface area contributed by atoms with Gasteiger partial charge in [0.25, 0.3) is 11.5 Å². The fourth-order valence-corrected chi connectivity index (χ4v) is 3.74. The number of hydrogen-bond donors (Lipinski definition) is 2. The number of anilines is 2. The molecule has 0 fully saturated rings. The fourth-order valence-electron chi connectivity index (χ4n) is 3.09. The zero-order valence-electron chi connectivity index (χ0n) is 18.3. The summed E-state index contributed by atoms with van der Waals surface area (Å²) in [5.74, 6) is -0.730. The second kappa shape index (κ2) is 9.48. The molecule has 11 heteroatoms. The Morgan fingerprint density at radius 2 is 1.94 bits per heavy atom. The van der Waals surface area contributed by atoms with Crippen molar-refractivity contribution in [3.05, 3.63) is 50.2 Å². The Labute approximate surface area is 180 Å². The zero-order chi connectivity index (χ0) is 23.5. The molecule has 1 aromatic heterocycles. The first-order valence-electron chi connectivity index (χ1n) is 9.62. The lowest BCUT2D eigenvalue weighted by molar-refractivity contribution is 0.0974. The quantitative estimate of drug-likeness (QED) is 0.602. The first-order valence-corrected chi connectivity index (χ1v) is 11.5. The van der Waals surface area contributed by atoms with E-state index < -0.39 is 27.0 Å². The third-order valence-electron chi connectivity index (χ3n) is 4.66. The first-order chi connectivity index (χ1) is 14.4. The average Bonchev–Trinajstić information content (AvgIpc) is 2.66. The smallest absolute Gasteiger partial charge is 0.330 e. The van der Waals surface area contributed by atoms with Crippen molar-refractivity contribution in [2.24, 2.45) is 5.92 Å². The van der Waals surface area contributed by atoms with Crippen LogP contribution >= 0.6 is 0 Å². The summed E-state index contributed by atoms with van der Waals surface area (Å²) in [4.78, 5) is 41.7. The van der Waals surface area contributed by atoms with E-state index in [9.17, 15) is 22.8 Å². The van der Waals surface area contributed by atoms with Crippen LogP contribution in [0, 0.1) is 12.8 Å². The molecule has 1 aromatic carbocycles. The van der Waals surface area contributed by atoms with Crippen molar-refractivity contribution in [3.8, 4) is 0 Å². The summed E-state index contributed by atoms with van der Waals surface area (Å²) in [6, 6.07) is 4.19. The Morgan fingerprint density at radius 1 is 1.29 bits per heavy atom. The Balaban J connectivity index is 2.72. The average molecular weight is 453 g/mol. The van der Waals surface area contributed by atoms with Crippen LogP contribution in [0.15, 0.2) is 32.7 Å². The van der Waals surface area contributed by atoms with Crippen LogP contribution in [0.2, 0.25) is 0 Å². The molecule has 10 nitrogen and oxygen atoms in total. The van der Waals surface area contributed by atoms with Crippen LogP contribution in [-0.4, -0.2) is 50.4 Å². The van der Waals surface area contributed by atoms with E-state index in [4.69, 9.17) is 10.5 Å². The predicted molar refractivity (Wildman–Crippen MR) is 118 cm³/mol. The molecule has 1 heterocycles. The number of benzene rings is 1. The minimum Gasteiger partial charge on any atom is -0.383 e. The van der Waals surface area contributed by atoms with E-state index in [0.717, 1.165) is 11.2 Å². The summed E-state index contributed by atoms with van der Waals surface area (Å²) < 4.78 is 30.2. The summed E-state index contributed by atoms with van der Waals surface area (Å²) in [6.45, 7) is 5.70. The van der Waals surface area contributed by atoms with E-state index in [2.05, 4.69) is 4.98 Å². The summed E-state index contributed by atoms with van der Waals surface area (Å²) in [5, 5.41) is 0. The third kappa shape index (κ3) is 5.42. The number of ether oxygens (including phenoxy) is 1. The predicted octanol–water partition coefficient (Wildman–Crippen LogP) is 0.780. The number of nitrogen functional groups attached to an aromatic ring is 1. The molecule has 3 N–H and O–H groups in total. The Kier molecular flexibility index (Phi) is 7.45. The number of sulfone groups is 1. The Hall–Kier alpha value is -2.92. The van der Waals surface area contributed by atoms with Gasteiger partial charge in [0.05, 0.1) is 11.5 Å². The molecular formula is C20H28N4O6S. The lowest BCUT2D eigenvalue weighted by Gasteiger charge is -2.25. The number of aromatic nitrogens is 2. The molecule has 2 rings (SSSR count). The van der Waals surface area contributed by atoms with Gasteiger partial charge >= 0.3 is 5.69 Å². The maximum atomic E-state index is 13.5. The van der Waals surface area contributed by atoms with Gasteiger partial charge in [0, 0.05) is 32.0 Å². The van der Waals surface area contributed by atoms with Crippen LogP contribution in [0.5, 0.6) is 0 Å². The number of carbonyl (C=O) groups is 1. The van der Waals surface area contributed by atoms with Gasteiger partial charge in [0.15, 0.2) is 15.5 Å². The summed E-state index contributed by atoms with van der Waals surface area (Å²) >= 11 is 0. The second-order valence-electron chi connectivity index (χ2n) is 7.70. The standard InChI is InChI=1S/C20H28N4O6S/c1-12(2)11-24-17(21)16(18(25)22-20(24)27)23(8-9-30-4)19(26)15-10-14(31(5,28)29)7-6-13(15)3/h6-7,10,12H,8-9,11,21H2,1-5H3,(H,22,25,27). The van der Waals surface area contributed by atoms with Crippen LogP contribution in [0.1, 0.15) is 29.8 Å². The first kappa shape index (κ1) is 24.4. The number of rotatable bonds is 8. The topological polar surface area (TPSA) is 145 Å². The van der Waals surface area contributed by atoms with Crippen molar-refractivity contribution >= 4 is 27.2 Å². The highest BCUT2D eigenvalue weighted by atomic mass is 32.2. The molecule has 0 aliphatic rings. The lowest BCUT2D eigenvalue weighted by atomic mass is 10.1. The van der Waals surface area contributed by atoms with Gasteiger partial charge in [-0.2, -0.15) is 0 Å². The van der Waals surface area contributed by atoms with Crippen LogP contribution in [0.25, 0.3) is 0 Å². The minimum atomic E-state index is -3.56. The van der Waals surface area contributed by atoms with Crippen LogP contribution < -0.4 is 21.9 Å². The highest BCUT2D eigenvalue weighted by Gasteiger charge is 2.27. The van der Waals surface area contributed by atoms with E-state index in [1.54, 1.807) is 6.92 Å². The van der Waals surface area contributed by atoms with Crippen LogP contribution in [0.4, 0.5) is 11.5 Å². The van der Waals surface area contributed by atoms with E-state index in [1.165, 1.54) is 29.9 Å². The van der Waals surface area contributed by atoms with E-state index >= 15 is 0 Å². The molecule has 0 aliphatic carbocycles. The van der Waals surface area contributed by atoms with Gasteiger partial charge in [-0.1, -0.05) is 19.9 Å². The van der Waals surface area contributed by atoms with Gasteiger partial charge in [-0.3, -0.25) is 24.0 Å². The molecule has 170 valence electrons. The van der Waals surface area contributed by atoms with Crippen molar-refractivity contribution in [1.82, 2.24) is 9.55 Å². The molecule has 0 bridgehead atoms. The van der Waals surface area contributed by atoms with Crippen LogP contribution in [0.3, 0.4) is 0 Å². The molecule has 0 unspecified atom stereocenters. The monoisotopic (exact) mass is 452 g/mol. The number of nitrogens with zero attached hydrogens (tertiary/aromatic N) is 2. The van der Waals surface area contributed by atoms with Crippen molar-refractivity contribution in [1.29, 1.82) is 0 Å². The van der Waals surface area contributed by atoms with Crippen molar-refractivity contribution in [2.45, 2.75) is 32.2 Å². The molecule has 0 atom stereocenters. The number of nitrogens with one attached hydrogen (secondary N) is 1. The zero-order valence-corrected chi connectivity index (χ0v) is 19.1. The molecule has 2 aromatic rings. The molecule has 0 saturated heterocycles. The number of H-pyrrole nitrogens is 1. The summed E-state index contributed by atoms with van der Waals surface area (Å²) in [6.07, 6.45) is 1.04. The van der Waals surface area contributed by atoms with Gasteiger partial charge in [-0.15, -0.1) is 0 Å². The van der Waals surface area contributed by atoms with Crippen LogP contribution in [-0.2, 0) is 21.1 Å². The molecule has 31 heavy (non-hydrogen) atoms. The van der Waals surface area contributed by atoms with Gasteiger partial charge in [-0.05, 0) is 30.5 Å². The Bertz CT molecular complexity index is 1200. The normalized spacial score (nSPS) is 11.7. The number of nitrogens with two attached hydrogens (primary N) is 1. The van der Waals surface area contributed by atoms with Gasteiger partial charge in [0.2, 0.25) is 0 Å². The number of aromatic amines is 1. The molecule has 0 saturated carbocycles. The maximum absolute atomic E-state index is 13.5. The maximum Gasteiger partial charge on any atom is 0.330 e. The fraction of sp³-hybridized carbons (Fsp3) is 0.450. The summed E-state index contributed by atoms with van der Waals surface area (Å²) in [5.41, 5.74) is 5.11. The molecule has 1 amide bonds. The summed E-state index contributed by atoms with van der Waals surface area (Å²) in [7, 11) is -2.12. The van der Waals surface area contributed by atoms with E-state index in [0.29, 0.717) is 5.56 Å². The number of aryl methyl sites for hydroxylation is 1. The largest absolute Gasteiger partial charge is 0.383 e. The van der Waals surface area contributed by atoms with Gasteiger partial charge < -0.3 is 10.5 Å². The van der Waals surface area contributed by atoms with Gasteiger partial charge in [0.1, 0.15) is 5.82 Å². The van der Waals surface area contributed by atoms with Crippen molar-refractivity contribution in [2.75, 3.05) is 37.2 Å². The number of carbonyl (C=O) groups excluding carboxylic acids is 1. The lowest BCUT2D eigenvalue weighted by Crippen LogP contribution is -2.43. The molecule has 0 spiro atoms. The van der Waals surface area contributed by atoms with E-state index in [-0.39, 0.29) is 47.6 Å². The number of amides is 1. The number of hydrogen-bond acceptors (Lipinski definition) is 7. The molecular weight excluding hydrogens is 424 g/mol. The highest BCUT2D eigenvalue weighted by Crippen LogP contribution is 2.23. The molecule has 0 radical (unpaired) electrons. The SMILES string of the molecule is COCCN(C(=O)c1cc(S(C)(=O)=O)ccc1C)c1c(N)n(CC(C)C)c(=O)[nH]c1=O. The highest BCUT2D eigenvalue weighted by molar-refractivity contribution is 7.90. The second-order valence-corrected chi connectivity index (χ2v) is 9.71. The molecule has 0 aliphatic heterocycles. The van der Waals surface area contributed by atoms with E-state index in [1.807, 2.05) is 13.8 Å². The van der Waals surface area contributed by atoms with Crippen molar-refractivity contribution < 1.29 is 17.9 Å². The minimum absolute atomic E-state index is 0.0280. The Morgan fingerprint density at radius 3 is 2.48 bits per heavy atom. The van der Waals surface area contributed by atoms with Crippen molar-refractivity contribution in [3.63, 3.8) is 0 Å². The number of methoxy groups -OCH3 is 1.